The van der Waals surface area contributed by atoms with E-state index in [1.165, 1.54) is 7.11 Å². The van der Waals surface area contributed by atoms with E-state index in [-0.39, 0.29) is 15.9 Å². The first-order valence-corrected chi connectivity index (χ1v) is 8.85. The van der Waals surface area contributed by atoms with Crippen molar-refractivity contribution >= 4 is 41.6 Å². The fourth-order valence-electron chi connectivity index (χ4n) is 1.35. The van der Waals surface area contributed by atoms with Crippen LogP contribution >= 0.6 is 26.6 Å². The van der Waals surface area contributed by atoms with Gasteiger partial charge in [0.05, 0.1) is 16.1 Å². The van der Waals surface area contributed by atoms with Gasteiger partial charge in [0, 0.05) is 28.8 Å². The predicted octanol–water partition coefficient (Wildman–Crippen LogP) is 2.67. The number of halogens is 3. The van der Waals surface area contributed by atoms with Gasteiger partial charge in [-0.2, -0.15) is 0 Å². The zero-order chi connectivity index (χ0) is 16.4. The second-order valence-corrected chi connectivity index (χ2v) is 8.24. The van der Waals surface area contributed by atoms with Crippen molar-refractivity contribution in [2.24, 2.45) is 0 Å². The highest BCUT2D eigenvalue weighted by Crippen LogP contribution is 2.28. The molecule has 0 aliphatic carbocycles. The lowest BCUT2D eigenvalue weighted by Crippen LogP contribution is -2.40. The first kappa shape index (κ1) is 18.3. The monoisotopic (exact) mass is 401 g/mol. The zero-order valence-corrected chi connectivity index (χ0v) is 14.7. The van der Waals surface area contributed by atoms with Gasteiger partial charge in [-0.15, -0.1) is 0 Å². The minimum atomic E-state index is -4.10. The maximum atomic E-state index is 13.8. The summed E-state index contributed by atoms with van der Waals surface area (Å²) >= 11 is 2.89. The first-order valence-electron chi connectivity index (χ1n) is 5.75. The molecule has 0 saturated heterocycles. The molecule has 1 rings (SSSR count). The number of nitrogens with one attached hydrogen (secondary N) is 1. The second-order valence-electron chi connectivity index (χ2n) is 4.85. The third-order valence-electron chi connectivity index (χ3n) is 2.76. The molecule has 5 nitrogen and oxygen atoms in total. The number of carbonyl (C=O) groups is 1. The molecular weight excluding hydrogens is 389 g/mol. The number of ether oxygens (including phenoxy) is 1. The Morgan fingerprint density at radius 3 is 2.52 bits per heavy atom. The lowest BCUT2D eigenvalue weighted by molar-refractivity contribution is 0.0228. The Balaban J connectivity index is 3.11. The van der Waals surface area contributed by atoms with Crippen molar-refractivity contribution in [2.75, 3.05) is 13.7 Å². The molecule has 0 unspecified atom stereocenters. The molecule has 0 saturated carbocycles. The highest BCUT2D eigenvalue weighted by molar-refractivity contribution is 9.10. The van der Waals surface area contributed by atoms with Crippen LogP contribution in [0, 0.1) is 5.82 Å². The van der Waals surface area contributed by atoms with E-state index < -0.39 is 31.9 Å². The average molecular weight is 403 g/mol. The predicted molar refractivity (Wildman–Crippen MR) is 80.6 cm³/mol. The molecule has 0 fully saturated rings. The van der Waals surface area contributed by atoms with Crippen LogP contribution in [0.1, 0.15) is 24.2 Å². The highest BCUT2D eigenvalue weighted by Gasteiger charge is 2.23. The van der Waals surface area contributed by atoms with Gasteiger partial charge in [-0.05, 0) is 41.9 Å². The molecule has 118 valence electrons. The summed E-state index contributed by atoms with van der Waals surface area (Å²) in [6.07, 6.45) is 0. The molecule has 1 amide bonds. The Labute approximate surface area is 135 Å². The maximum absolute atomic E-state index is 13.8. The van der Waals surface area contributed by atoms with Crippen molar-refractivity contribution in [3.05, 3.63) is 28.0 Å². The van der Waals surface area contributed by atoms with Crippen LogP contribution in [-0.4, -0.2) is 33.6 Å². The van der Waals surface area contributed by atoms with E-state index >= 15 is 0 Å². The minimum Gasteiger partial charge on any atom is -0.377 e. The average Bonchev–Trinajstić information content (AvgIpc) is 2.34. The number of amides is 1. The van der Waals surface area contributed by atoms with Crippen molar-refractivity contribution in [1.29, 1.82) is 0 Å². The van der Waals surface area contributed by atoms with E-state index in [4.69, 9.17) is 15.4 Å². The Hall–Kier alpha value is -0.700. The molecule has 0 spiro atoms. The standard InChI is InChI=1S/C12H14BrClFNO4S/c1-12(2,20-3)6-16-11(17)7-4-10(21(14,18)19)8(13)5-9(7)15/h4-5H,6H2,1-3H3,(H,16,17). The summed E-state index contributed by atoms with van der Waals surface area (Å²) in [4.78, 5) is 11.6. The van der Waals surface area contributed by atoms with Crippen LogP contribution in [-0.2, 0) is 13.8 Å². The van der Waals surface area contributed by atoms with Gasteiger partial charge in [-0.1, -0.05) is 0 Å². The van der Waals surface area contributed by atoms with Crippen LogP contribution in [0.25, 0.3) is 0 Å². The Bertz CT molecular complexity index is 663. The van der Waals surface area contributed by atoms with E-state index in [1.54, 1.807) is 13.8 Å². The first-order chi connectivity index (χ1) is 9.48. The summed E-state index contributed by atoms with van der Waals surface area (Å²) < 4.78 is 41.6. The molecule has 0 aromatic heterocycles. The lowest BCUT2D eigenvalue weighted by atomic mass is 10.1. The Morgan fingerprint density at radius 1 is 1.48 bits per heavy atom. The topological polar surface area (TPSA) is 72.5 Å². The molecule has 0 bridgehead atoms. The van der Waals surface area contributed by atoms with Crippen LogP contribution in [0.4, 0.5) is 4.39 Å². The van der Waals surface area contributed by atoms with Crippen molar-refractivity contribution < 1.29 is 22.3 Å². The van der Waals surface area contributed by atoms with Gasteiger partial charge >= 0.3 is 0 Å². The van der Waals surface area contributed by atoms with Crippen molar-refractivity contribution in [1.82, 2.24) is 5.32 Å². The van der Waals surface area contributed by atoms with E-state index in [0.717, 1.165) is 12.1 Å². The largest absolute Gasteiger partial charge is 0.377 e. The Morgan fingerprint density at radius 2 is 2.05 bits per heavy atom. The van der Waals surface area contributed by atoms with Gasteiger partial charge < -0.3 is 10.1 Å². The van der Waals surface area contributed by atoms with Crippen LogP contribution in [0.15, 0.2) is 21.5 Å². The molecule has 1 aromatic carbocycles. The molecule has 0 aliphatic heterocycles. The molecule has 0 heterocycles. The maximum Gasteiger partial charge on any atom is 0.262 e. The molecular formula is C12H14BrClFNO4S. The van der Waals surface area contributed by atoms with Crippen LogP contribution < -0.4 is 5.32 Å². The quantitative estimate of drug-likeness (QED) is 0.769. The van der Waals surface area contributed by atoms with Gasteiger partial charge in [-0.3, -0.25) is 4.79 Å². The lowest BCUT2D eigenvalue weighted by Gasteiger charge is -2.23. The SMILES string of the molecule is COC(C)(C)CNC(=O)c1cc(S(=O)(=O)Cl)c(Br)cc1F. The molecule has 9 heteroatoms. The van der Waals surface area contributed by atoms with Crippen molar-refractivity contribution in [2.45, 2.75) is 24.3 Å². The molecule has 21 heavy (non-hydrogen) atoms. The Kier molecular flexibility index (Phi) is 5.76. The van der Waals surface area contributed by atoms with Crippen LogP contribution in [0.3, 0.4) is 0 Å². The number of methoxy groups -OCH3 is 1. The number of rotatable bonds is 5. The summed E-state index contributed by atoms with van der Waals surface area (Å²) in [6.45, 7) is 3.60. The van der Waals surface area contributed by atoms with Crippen LogP contribution in [0.2, 0.25) is 0 Å². The number of benzene rings is 1. The fourth-order valence-corrected chi connectivity index (χ4v) is 3.52. The van der Waals surface area contributed by atoms with E-state index in [2.05, 4.69) is 21.2 Å². The number of hydrogen-bond acceptors (Lipinski definition) is 4. The fraction of sp³-hybridized carbons (Fsp3) is 0.417. The van der Waals surface area contributed by atoms with E-state index in [1.807, 2.05) is 0 Å². The van der Waals surface area contributed by atoms with E-state index in [0.29, 0.717) is 0 Å². The molecule has 1 N–H and O–H groups in total. The summed E-state index contributed by atoms with van der Waals surface area (Å²) in [5.74, 6) is -1.62. The van der Waals surface area contributed by atoms with Gasteiger partial charge in [-0.25, -0.2) is 12.8 Å². The summed E-state index contributed by atoms with van der Waals surface area (Å²) in [5, 5.41) is 2.47. The second kappa shape index (κ2) is 6.60. The smallest absolute Gasteiger partial charge is 0.262 e. The molecule has 0 aliphatic rings. The third kappa shape index (κ3) is 4.91. The van der Waals surface area contributed by atoms with Gasteiger partial charge in [0.1, 0.15) is 5.82 Å². The molecule has 1 aromatic rings. The molecule has 0 atom stereocenters. The summed E-state index contributed by atoms with van der Waals surface area (Å²) in [5.41, 5.74) is -1.05. The summed E-state index contributed by atoms with van der Waals surface area (Å²) in [6, 6.07) is 1.77. The van der Waals surface area contributed by atoms with E-state index in [9.17, 15) is 17.6 Å². The van der Waals surface area contributed by atoms with Gasteiger partial charge in [0.25, 0.3) is 15.0 Å². The molecule has 0 radical (unpaired) electrons. The minimum absolute atomic E-state index is 0.0521. The van der Waals surface area contributed by atoms with Gasteiger partial charge in [0.15, 0.2) is 0 Å². The normalized spacial score (nSPS) is 12.3. The van der Waals surface area contributed by atoms with Crippen LogP contribution in [0.5, 0.6) is 0 Å². The van der Waals surface area contributed by atoms with Crippen molar-refractivity contribution in [3.8, 4) is 0 Å². The highest BCUT2D eigenvalue weighted by atomic mass is 79.9. The summed E-state index contributed by atoms with van der Waals surface area (Å²) in [7, 11) is 2.61. The third-order valence-corrected chi connectivity index (χ3v) is 5.04. The van der Waals surface area contributed by atoms with Gasteiger partial charge in [0.2, 0.25) is 0 Å². The zero-order valence-electron chi connectivity index (χ0n) is 11.5. The number of hydrogen-bond donors (Lipinski definition) is 1. The van der Waals surface area contributed by atoms with Crippen molar-refractivity contribution in [3.63, 3.8) is 0 Å². The number of carbonyl (C=O) groups excluding carboxylic acids is 1.